The molecule has 0 atom stereocenters. The van der Waals surface area contributed by atoms with Crippen molar-refractivity contribution in [2.24, 2.45) is 0 Å². The number of hydrogen-bond donors (Lipinski definition) is 2. The summed E-state index contributed by atoms with van der Waals surface area (Å²) in [4.78, 5) is 28.4. The molecule has 0 fully saturated rings. The van der Waals surface area contributed by atoms with Crippen LogP contribution in [0.25, 0.3) is 0 Å². The molecule has 0 spiro atoms. The summed E-state index contributed by atoms with van der Waals surface area (Å²) in [5.74, 6) is -0.258. The van der Waals surface area contributed by atoms with Gasteiger partial charge in [0.1, 0.15) is 0 Å². The van der Waals surface area contributed by atoms with Gasteiger partial charge in [0.15, 0.2) is 5.13 Å². The van der Waals surface area contributed by atoms with E-state index >= 15 is 0 Å². The zero-order valence-corrected chi connectivity index (χ0v) is 16.0. The molecule has 7 heteroatoms. The van der Waals surface area contributed by atoms with Crippen LogP contribution in [0.3, 0.4) is 0 Å². The number of carbonyl (C=O) groups is 2. The Morgan fingerprint density at radius 2 is 1.67 bits per heavy atom. The molecule has 0 unspecified atom stereocenters. The van der Waals surface area contributed by atoms with Crippen molar-refractivity contribution < 1.29 is 9.59 Å². The number of halogens is 1. The van der Waals surface area contributed by atoms with Crippen molar-refractivity contribution in [2.45, 2.75) is 19.4 Å². The lowest BCUT2D eigenvalue weighted by Crippen LogP contribution is -2.24. The van der Waals surface area contributed by atoms with Crippen molar-refractivity contribution in [1.82, 2.24) is 10.3 Å². The number of thiazole rings is 1. The molecular formula is C20H18ClN3O2S. The monoisotopic (exact) mass is 399 g/mol. The molecule has 0 aliphatic rings. The molecule has 2 amide bonds. The van der Waals surface area contributed by atoms with Crippen molar-refractivity contribution in [1.29, 1.82) is 0 Å². The maximum atomic E-state index is 12.1. The molecule has 3 rings (SSSR count). The third-order valence-corrected chi connectivity index (χ3v) is 4.81. The first-order chi connectivity index (χ1) is 13.1. The van der Waals surface area contributed by atoms with E-state index in [9.17, 15) is 9.59 Å². The summed E-state index contributed by atoms with van der Waals surface area (Å²) >= 11 is 7.15. The molecule has 1 heterocycles. The van der Waals surface area contributed by atoms with Gasteiger partial charge >= 0.3 is 0 Å². The Balaban J connectivity index is 1.46. The Morgan fingerprint density at radius 1 is 0.926 bits per heavy atom. The molecule has 2 aromatic carbocycles. The summed E-state index contributed by atoms with van der Waals surface area (Å²) in [6.07, 6.45) is 0.454. The summed E-state index contributed by atoms with van der Waals surface area (Å²) in [6, 6.07) is 16.8. The minimum Gasteiger partial charge on any atom is -0.352 e. The number of amides is 2. The van der Waals surface area contributed by atoms with Crippen LogP contribution in [0.5, 0.6) is 0 Å². The van der Waals surface area contributed by atoms with Crippen molar-refractivity contribution in [3.05, 3.63) is 81.8 Å². The zero-order chi connectivity index (χ0) is 19.1. The Labute approximate surface area is 166 Å². The number of nitrogens with one attached hydrogen (secondary N) is 2. The molecule has 138 valence electrons. The summed E-state index contributed by atoms with van der Waals surface area (Å²) in [6.45, 7) is 0.431. The summed E-state index contributed by atoms with van der Waals surface area (Å²) < 4.78 is 0. The number of hydrogen-bond acceptors (Lipinski definition) is 4. The summed E-state index contributed by atoms with van der Waals surface area (Å²) in [7, 11) is 0. The summed E-state index contributed by atoms with van der Waals surface area (Å²) in [5, 5.41) is 8.55. The first-order valence-corrected chi connectivity index (χ1v) is 9.63. The first kappa shape index (κ1) is 19.1. The van der Waals surface area contributed by atoms with Crippen LogP contribution in [0.4, 0.5) is 5.13 Å². The second-order valence-electron chi connectivity index (χ2n) is 5.93. The van der Waals surface area contributed by atoms with Gasteiger partial charge in [0, 0.05) is 16.9 Å². The molecular weight excluding hydrogens is 382 g/mol. The molecule has 2 N–H and O–H groups in total. The smallest absolute Gasteiger partial charge is 0.230 e. The van der Waals surface area contributed by atoms with Crippen LogP contribution >= 0.6 is 22.9 Å². The Bertz CT molecular complexity index is 910. The lowest BCUT2D eigenvalue weighted by atomic mass is 10.1. The number of aromatic nitrogens is 1. The quantitative estimate of drug-likeness (QED) is 0.634. The van der Waals surface area contributed by atoms with E-state index in [0.717, 1.165) is 11.1 Å². The molecule has 1 aromatic heterocycles. The Morgan fingerprint density at radius 3 is 2.41 bits per heavy atom. The van der Waals surface area contributed by atoms with E-state index in [1.165, 1.54) is 11.3 Å². The molecule has 5 nitrogen and oxygen atoms in total. The minimum absolute atomic E-state index is 0.127. The first-order valence-electron chi connectivity index (χ1n) is 8.38. The third-order valence-electron chi connectivity index (χ3n) is 3.75. The second kappa shape index (κ2) is 9.30. The maximum Gasteiger partial charge on any atom is 0.230 e. The number of carbonyl (C=O) groups excluding carboxylic acids is 2. The highest BCUT2D eigenvalue weighted by Crippen LogP contribution is 2.16. The lowest BCUT2D eigenvalue weighted by molar-refractivity contribution is -0.120. The van der Waals surface area contributed by atoms with Gasteiger partial charge in [-0.05, 0) is 23.3 Å². The highest BCUT2D eigenvalue weighted by atomic mass is 35.5. The molecule has 0 aliphatic carbocycles. The molecule has 0 bridgehead atoms. The van der Waals surface area contributed by atoms with Crippen LogP contribution < -0.4 is 10.6 Å². The van der Waals surface area contributed by atoms with Crippen LogP contribution in [0.2, 0.25) is 5.02 Å². The lowest BCUT2D eigenvalue weighted by Gasteiger charge is -2.04. The normalized spacial score (nSPS) is 10.4. The maximum absolute atomic E-state index is 12.1. The van der Waals surface area contributed by atoms with Gasteiger partial charge in [-0.1, -0.05) is 54.1 Å². The van der Waals surface area contributed by atoms with Crippen LogP contribution in [0.1, 0.15) is 16.8 Å². The van der Waals surface area contributed by atoms with E-state index in [1.807, 2.05) is 42.5 Å². The third kappa shape index (κ3) is 6.20. The van der Waals surface area contributed by atoms with Gasteiger partial charge in [0.2, 0.25) is 11.8 Å². The van der Waals surface area contributed by atoms with Crippen molar-refractivity contribution in [3.8, 4) is 0 Å². The van der Waals surface area contributed by atoms with Gasteiger partial charge in [-0.3, -0.25) is 9.59 Å². The van der Waals surface area contributed by atoms with Crippen molar-refractivity contribution in [3.63, 3.8) is 0 Å². The predicted octanol–water partition coefficient (Wildman–Crippen LogP) is 3.84. The van der Waals surface area contributed by atoms with E-state index in [-0.39, 0.29) is 24.7 Å². The van der Waals surface area contributed by atoms with Gasteiger partial charge in [-0.2, -0.15) is 0 Å². The van der Waals surface area contributed by atoms with E-state index in [2.05, 4.69) is 15.6 Å². The van der Waals surface area contributed by atoms with E-state index < -0.39 is 0 Å². The number of nitrogens with zero attached hydrogens (tertiary/aromatic N) is 1. The average molecular weight is 400 g/mol. The fourth-order valence-electron chi connectivity index (χ4n) is 2.42. The molecule has 0 saturated carbocycles. The van der Waals surface area contributed by atoms with Crippen LogP contribution in [-0.2, 0) is 29.0 Å². The Hall–Kier alpha value is -2.70. The summed E-state index contributed by atoms with van der Waals surface area (Å²) in [5.41, 5.74) is 2.54. The van der Waals surface area contributed by atoms with Crippen molar-refractivity contribution in [2.75, 3.05) is 5.32 Å². The standard InChI is InChI=1S/C20H18ClN3O2S/c21-16-8-6-15(7-9-16)12-22-18(25)11-17-13-27-20(23-17)24-19(26)10-14-4-2-1-3-5-14/h1-9,13H,10-12H2,(H,22,25)(H,23,24,26). The van der Waals surface area contributed by atoms with Gasteiger partial charge in [-0.25, -0.2) is 4.98 Å². The number of anilines is 1. The fraction of sp³-hybridized carbons (Fsp3) is 0.150. The van der Waals surface area contributed by atoms with Gasteiger partial charge in [0.25, 0.3) is 0 Å². The van der Waals surface area contributed by atoms with E-state index in [4.69, 9.17) is 11.6 Å². The van der Waals surface area contributed by atoms with Crippen LogP contribution in [0, 0.1) is 0 Å². The number of rotatable bonds is 7. The highest BCUT2D eigenvalue weighted by Gasteiger charge is 2.10. The molecule has 0 radical (unpaired) electrons. The van der Waals surface area contributed by atoms with E-state index in [1.54, 1.807) is 17.5 Å². The van der Waals surface area contributed by atoms with Crippen LogP contribution in [0.15, 0.2) is 60.0 Å². The second-order valence-corrected chi connectivity index (χ2v) is 7.23. The topological polar surface area (TPSA) is 71.1 Å². The molecule has 27 heavy (non-hydrogen) atoms. The van der Waals surface area contributed by atoms with E-state index in [0.29, 0.717) is 22.4 Å². The minimum atomic E-state index is -0.130. The molecule has 3 aromatic rings. The Kier molecular flexibility index (Phi) is 6.57. The SMILES string of the molecule is O=C(Cc1csc(NC(=O)Cc2ccccc2)n1)NCc1ccc(Cl)cc1. The van der Waals surface area contributed by atoms with Gasteiger partial charge < -0.3 is 10.6 Å². The number of benzene rings is 2. The van der Waals surface area contributed by atoms with Gasteiger partial charge in [-0.15, -0.1) is 11.3 Å². The fourth-order valence-corrected chi connectivity index (χ4v) is 3.27. The van der Waals surface area contributed by atoms with Crippen LogP contribution in [-0.4, -0.2) is 16.8 Å². The molecule has 0 saturated heterocycles. The average Bonchev–Trinajstić information content (AvgIpc) is 3.08. The predicted molar refractivity (Wildman–Crippen MR) is 108 cm³/mol. The van der Waals surface area contributed by atoms with Gasteiger partial charge in [0.05, 0.1) is 18.5 Å². The molecule has 0 aliphatic heterocycles. The zero-order valence-electron chi connectivity index (χ0n) is 14.4. The highest BCUT2D eigenvalue weighted by molar-refractivity contribution is 7.13. The largest absolute Gasteiger partial charge is 0.352 e. The van der Waals surface area contributed by atoms with Crippen molar-refractivity contribution >= 4 is 39.9 Å².